The standard InChI is InChI=1S/C16H24N2O2/c1-4-20-14-5-6-15(12(2)11-14)16(19)13(3)18-9-7-17-8-10-18/h5-6,11,13,17H,4,7-10H2,1-3H3. The summed E-state index contributed by atoms with van der Waals surface area (Å²) in [7, 11) is 0. The minimum absolute atomic E-state index is 0.0613. The highest BCUT2D eigenvalue weighted by Gasteiger charge is 2.24. The van der Waals surface area contributed by atoms with Gasteiger partial charge in [0.25, 0.3) is 0 Å². The molecule has 0 saturated carbocycles. The van der Waals surface area contributed by atoms with Crippen molar-refractivity contribution in [2.45, 2.75) is 26.8 Å². The number of hydrogen-bond donors (Lipinski definition) is 1. The molecule has 1 saturated heterocycles. The summed E-state index contributed by atoms with van der Waals surface area (Å²) >= 11 is 0. The Bertz CT molecular complexity index is 468. The number of Topliss-reactive ketones (excluding diaryl/α,β-unsaturated/α-hetero) is 1. The number of carbonyl (C=O) groups excluding carboxylic acids is 1. The number of hydrogen-bond acceptors (Lipinski definition) is 4. The Morgan fingerprint density at radius 2 is 2.10 bits per heavy atom. The van der Waals surface area contributed by atoms with Gasteiger partial charge in [0.15, 0.2) is 5.78 Å². The highest BCUT2D eigenvalue weighted by atomic mass is 16.5. The van der Waals surface area contributed by atoms with E-state index in [2.05, 4.69) is 10.2 Å². The van der Waals surface area contributed by atoms with E-state index >= 15 is 0 Å². The van der Waals surface area contributed by atoms with Gasteiger partial charge in [-0.25, -0.2) is 0 Å². The van der Waals surface area contributed by atoms with Gasteiger partial charge in [-0.2, -0.15) is 0 Å². The van der Waals surface area contributed by atoms with Gasteiger partial charge in [0.1, 0.15) is 5.75 Å². The largest absolute Gasteiger partial charge is 0.494 e. The molecule has 1 N–H and O–H groups in total. The lowest BCUT2D eigenvalue weighted by atomic mass is 9.99. The molecule has 20 heavy (non-hydrogen) atoms. The quantitative estimate of drug-likeness (QED) is 0.834. The molecular formula is C16H24N2O2. The summed E-state index contributed by atoms with van der Waals surface area (Å²) in [6, 6.07) is 5.66. The molecule has 1 aliphatic heterocycles. The van der Waals surface area contributed by atoms with Crippen molar-refractivity contribution in [2.75, 3.05) is 32.8 Å². The number of ether oxygens (including phenoxy) is 1. The van der Waals surface area contributed by atoms with E-state index in [1.807, 2.05) is 39.0 Å². The molecular weight excluding hydrogens is 252 g/mol. The lowest BCUT2D eigenvalue weighted by Crippen LogP contribution is -2.50. The molecule has 1 aliphatic rings. The Balaban J connectivity index is 2.11. The lowest BCUT2D eigenvalue weighted by Gasteiger charge is -2.32. The van der Waals surface area contributed by atoms with Crippen LogP contribution in [0.3, 0.4) is 0 Å². The Morgan fingerprint density at radius 3 is 2.70 bits per heavy atom. The third-order valence-electron chi connectivity index (χ3n) is 3.85. The van der Waals surface area contributed by atoms with Gasteiger partial charge < -0.3 is 10.1 Å². The summed E-state index contributed by atoms with van der Waals surface area (Å²) in [6.45, 7) is 10.4. The van der Waals surface area contributed by atoms with Crippen LogP contribution in [0.4, 0.5) is 0 Å². The molecule has 1 unspecified atom stereocenters. The number of rotatable bonds is 5. The minimum Gasteiger partial charge on any atom is -0.494 e. The summed E-state index contributed by atoms with van der Waals surface area (Å²) in [4.78, 5) is 14.9. The van der Waals surface area contributed by atoms with Gasteiger partial charge in [-0.3, -0.25) is 9.69 Å². The molecule has 0 spiro atoms. The number of piperazine rings is 1. The Kier molecular flexibility index (Phi) is 5.15. The van der Waals surface area contributed by atoms with E-state index in [-0.39, 0.29) is 11.8 Å². The molecule has 2 rings (SSSR count). The second kappa shape index (κ2) is 6.86. The second-order valence-corrected chi connectivity index (χ2v) is 5.24. The highest BCUT2D eigenvalue weighted by Crippen LogP contribution is 2.20. The van der Waals surface area contributed by atoms with E-state index in [4.69, 9.17) is 4.74 Å². The maximum atomic E-state index is 12.6. The van der Waals surface area contributed by atoms with Crippen LogP contribution < -0.4 is 10.1 Å². The molecule has 4 heteroatoms. The zero-order valence-corrected chi connectivity index (χ0v) is 12.6. The van der Waals surface area contributed by atoms with Gasteiger partial charge in [0.05, 0.1) is 12.6 Å². The summed E-state index contributed by atoms with van der Waals surface area (Å²) in [5.41, 5.74) is 1.79. The van der Waals surface area contributed by atoms with Gasteiger partial charge in [-0.15, -0.1) is 0 Å². The lowest BCUT2D eigenvalue weighted by molar-refractivity contribution is 0.0819. The molecule has 110 valence electrons. The summed E-state index contributed by atoms with van der Waals surface area (Å²) < 4.78 is 5.47. The van der Waals surface area contributed by atoms with Crippen molar-refractivity contribution in [3.63, 3.8) is 0 Å². The van der Waals surface area contributed by atoms with Crippen LogP contribution in [0.5, 0.6) is 5.75 Å². The number of nitrogens with zero attached hydrogens (tertiary/aromatic N) is 1. The SMILES string of the molecule is CCOc1ccc(C(=O)C(C)N2CCNCC2)c(C)c1. The predicted octanol–water partition coefficient (Wildman–Crippen LogP) is 1.87. The first-order chi connectivity index (χ1) is 9.63. The van der Waals surface area contributed by atoms with Gasteiger partial charge in [0, 0.05) is 31.7 Å². The van der Waals surface area contributed by atoms with E-state index in [1.165, 1.54) is 0 Å². The number of aryl methyl sites for hydroxylation is 1. The third kappa shape index (κ3) is 3.38. The number of ketones is 1. The van der Waals surface area contributed by atoms with Crippen LogP contribution in [0.25, 0.3) is 0 Å². The van der Waals surface area contributed by atoms with Crippen LogP contribution in [0.1, 0.15) is 29.8 Å². The number of benzene rings is 1. The van der Waals surface area contributed by atoms with Crippen molar-refractivity contribution in [1.29, 1.82) is 0 Å². The Morgan fingerprint density at radius 1 is 1.40 bits per heavy atom. The van der Waals surface area contributed by atoms with E-state index in [1.54, 1.807) is 0 Å². The molecule has 0 bridgehead atoms. The first-order valence-electron chi connectivity index (χ1n) is 7.36. The molecule has 0 aromatic heterocycles. The van der Waals surface area contributed by atoms with Crippen LogP contribution in [-0.4, -0.2) is 49.5 Å². The van der Waals surface area contributed by atoms with Gasteiger partial charge in [-0.05, 0) is 44.5 Å². The molecule has 1 aromatic rings. The zero-order chi connectivity index (χ0) is 14.5. The molecule has 0 amide bonds. The molecule has 1 fully saturated rings. The molecule has 4 nitrogen and oxygen atoms in total. The highest BCUT2D eigenvalue weighted by molar-refractivity contribution is 6.01. The Hall–Kier alpha value is -1.39. The van der Waals surface area contributed by atoms with Crippen molar-refractivity contribution in [3.05, 3.63) is 29.3 Å². The topological polar surface area (TPSA) is 41.6 Å². The van der Waals surface area contributed by atoms with Crippen molar-refractivity contribution >= 4 is 5.78 Å². The molecule has 0 radical (unpaired) electrons. The summed E-state index contributed by atoms with van der Waals surface area (Å²) in [5.74, 6) is 1.03. The van der Waals surface area contributed by atoms with E-state index < -0.39 is 0 Å². The molecule has 1 atom stereocenters. The first kappa shape index (κ1) is 15.0. The minimum atomic E-state index is -0.0613. The normalized spacial score (nSPS) is 17.8. The van der Waals surface area contributed by atoms with Crippen molar-refractivity contribution in [1.82, 2.24) is 10.2 Å². The van der Waals surface area contributed by atoms with Gasteiger partial charge in [0.2, 0.25) is 0 Å². The number of carbonyl (C=O) groups is 1. The van der Waals surface area contributed by atoms with Gasteiger partial charge >= 0.3 is 0 Å². The van der Waals surface area contributed by atoms with E-state index in [0.717, 1.165) is 43.1 Å². The predicted molar refractivity (Wildman–Crippen MR) is 80.6 cm³/mol. The average Bonchev–Trinajstić information content (AvgIpc) is 2.47. The maximum absolute atomic E-state index is 12.6. The smallest absolute Gasteiger partial charge is 0.179 e. The summed E-state index contributed by atoms with van der Waals surface area (Å²) in [5, 5.41) is 3.31. The van der Waals surface area contributed by atoms with E-state index in [9.17, 15) is 4.79 Å². The second-order valence-electron chi connectivity index (χ2n) is 5.24. The van der Waals surface area contributed by atoms with Gasteiger partial charge in [-0.1, -0.05) is 0 Å². The van der Waals surface area contributed by atoms with Crippen LogP contribution >= 0.6 is 0 Å². The van der Waals surface area contributed by atoms with Crippen molar-refractivity contribution < 1.29 is 9.53 Å². The van der Waals surface area contributed by atoms with Crippen LogP contribution in [0.2, 0.25) is 0 Å². The van der Waals surface area contributed by atoms with Crippen LogP contribution in [-0.2, 0) is 0 Å². The van der Waals surface area contributed by atoms with Crippen LogP contribution in [0.15, 0.2) is 18.2 Å². The van der Waals surface area contributed by atoms with Crippen LogP contribution in [0, 0.1) is 6.92 Å². The van der Waals surface area contributed by atoms with Crippen molar-refractivity contribution in [3.8, 4) is 5.75 Å². The fraction of sp³-hybridized carbons (Fsp3) is 0.562. The maximum Gasteiger partial charge on any atom is 0.179 e. The summed E-state index contributed by atoms with van der Waals surface area (Å²) in [6.07, 6.45) is 0. The third-order valence-corrected chi connectivity index (χ3v) is 3.85. The fourth-order valence-corrected chi connectivity index (χ4v) is 2.63. The average molecular weight is 276 g/mol. The van der Waals surface area contributed by atoms with E-state index in [0.29, 0.717) is 6.61 Å². The molecule has 0 aliphatic carbocycles. The Labute approximate surface area is 121 Å². The van der Waals surface area contributed by atoms with Crippen molar-refractivity contribution in [2.24, 2.45) is 0 Å². The monoisotopic (exact) mass is 276 g/mol. The molecule has 1 heterocycles. The first-order valence-corrected chi connectivity index (χ1v) is 7.36. The number of nitrogens with one attached hydrogen (secondary N) is 1. The zero-order valence-electron chi connectivity index (χ0n) is 12.6. The molecule has 1 aromatic carbocycles. The fourth-order valence-electron chi connectivity index (χ4n) is 2.63.